The Morgan fingerprint density at radius 2 is 1.71 bits per heavy atom. The van der Waals surface area contributed by atoms with Crippen molar-refractivity contribution in [2.24, 2.45) is 0 Å². The molecule has 0 saturated heterocycles. The van der Waals surface area contributed by atoms with Crippen LogP contribution in [-0.4, -0.2) is 33.6 Å². The highest BCUT2D eigenvalue weighted by molar-refractivity contribution is 7.89. The van der Waals surface area contributed by atoms with E-state index in [9.17, 15) is 22.0 Å². The number of hydrogen-bond donors (Lipinski definition) is 2. The Morgan fingerprint density at radius 3 is 2.29 bits per heavy atom. The molecule has 1 amide bonds. The summed E-state index contributed by atoms with van der Waals surface area (Å²) in [7, 11) is -2.46. The number of methoxy groups -OCH3 is 1. The molecule has 0 unspecified atom stereocenters. The Kier molecular flexibility index (Phi) is 7.27. The lowest BCUT2D eigenvalue weighted by atomic mass is 10.0. The molecule has 1 aromatic heterocycles. The first-order chi connectivity index (χ1) is 15.9. The van der Waals surface area contributed by atoms with E-state index in [0.717, 1.165) is 0 Å². The van der Waals surface area contributed by atoms with Gasteiger partial charge in [-0.05, 0) is 68.8 Å². The third kappa shape index (κ3) is 6.33. The number of furan rings is 1. The van der Waals surface area contributed by atoms with Gasteiger partial charge in [-0.15, -0.1) is 0 Å². The molecule has 2 N–H and O–H groups in total. The maximum absolute atomic E-state index is 12.9. The zero-order valence-corrected chi connectivity index (χ0v) is 19.7. The van der Waals surface area contributed by atoms with Crippen LogP contribution >= 0.6 is 0 Å². The molecule has 11 heteroatoms. The first kappa shape index (κ1) is 25.2. The number of ether oxygens (including phenoxy) is 2. The van der Waals surface area contributed by atoms with Gasteiger partial charge in [-0.3, -0.25) is 4.79 Å². The van der Waals surface area contributed by atoms with Gasteiger partial charge in [0, 0.05) is 16.8 Å². The number of hydrogen-bond acceptors (Lipinski definition) is 6. The number of halogens is 2. The van der Waals surface area contributed by atoms with E-state index < -0.39 is 33.2 Å². The molecular weight excluding hydrogens is 470 g/mol. The molecule has 34 heavy (non-hydrogen) atoms. The molecule has 8 nitrogen and oxygen atoms in total. The average molecular weight is 495 g/mol. The molecule has 1 heterocycles. The van der Waals surface area contributed by atoms with Crippen LogP contribution in [0.25, 0.3) is 11.1 Å². The van der Waals surface area contributed by atoms with Crippen molar-refractivity contribution >= 4 is 21.6 Å². The Labute approximate surface area is 195 Å². The highest BCUT2D eigenvalue weighted by Gasteiger charge is 2.26. The second-order valence-electron chi connectivity index (χ2n) is 8.25. The third-order valence-corrected chi connectivity index (χ3v) is 6.00. The molecular formula is C23H24F2N2O6S. The maximum atomic E-state index is 12.9. The van der Waals surface area contributed by atoms with Crippen LogP contribution in [0.4, 0.5) is 14.5 Å². The fourth-order valence-electron chi connectivity index (χ4n) is 3.04. The van der Waals surface area contributed by atoms with E-state index in [1.807, 2.05) is 0 Å². The largest absolute Gasteiger partial charge is 0.497 e. The van der Waals surface area contributed by atoms with Crippen LogP contribution in [0.3, 0.4) is 0 Å². The van der Waals surface area contributed by atoms with E-state index in [1.165, 1.54) is 37.4 Å². The summed E-state index contributed by atoms with van der Waals surface area (Å²) < 4.78 is 68.0. The minimum atomic E-state index is -3.96. The zero-order chi connectivity index (χ0) is 25.1. The van der Waals surface area contributed by atoms with E-state index >= 15 is 0 Å². The van der Waals surface area contributed by atoms with E-state index in [2.05, 4.69) is 14.8 Å². The van der Waals surface area contributed by atoms with E-state index in [0.29, 0.717) is 16.9 Å². The molecule has 182 valence electrons. The smallest absolute Gasteiger partial charge is 0.387 e. The molecule has 0 fully saturated rings. The summed E-state index contributed by atoms with van der Waals surface area (Å²) in [6, 6.07) is 13.2. The predicted molar refractivity (Wildman–Crippen MR) is 122 cm³/mol. The summed E-state index contributed by atoms with van der Waals surface area (Å²) in [5.41, 5.74) is 0.365. The monoisotopic (exact) mass is 494 g/mol. The lowest BCUT2D eigenvalue weighted by Gasteiger charge is -2.18. The first-order valence-corrected chi connectivity index (χ1v) is 11.5. The van der Waals surface area contributed by atoms with Crippen LogP contribution in [0.2, 0.25) is 0 Å². The SMILES string of the molecule is COc1ccc(-c2cc(NC(=O)c3ccc(S(=O)(=O)NC(C)(C)C)o3)ccc2OC(F)F)cc1. The molecule has 0 saturated carbocycles. The number of nitrogens with one attached hydrogen (secondary N) is 2. The molecule has 0 spiro atoms. The Balaban J connectivity index is 1.87. The van der Waals surface area contributed by atoms with Crippen molar-refractivity contribution in [1.82, 2.24) is 4.72 Å². The van der Waals surface area contributed by atoms with Crippen molar-refractivity contribution in [3.8, 4) is 22.6 Å². The van der Waals surface area contributed by atoms with Crippen LogP contribution in [0.1, 0.15) is 31.3 Å². The number of anilines is 1. The number of benzene rings is 2. The lowest BCUT2D eigenvalue weighted by molar-refractivity contribution is -0.0494. The van der Waals surface area contributed by atoms with Gasteiger partial charge in [-0.2, -0.15) is 8.78 Å². The van der Waals surface area contributed by atoms with Crippen LogP contribution < -0.4 is 19.5 Å². The molecule has 2 aromatic carbocycles. The van der Waals surface area contributed by atoms with Gasteiger partial charge in [0.25, 0.3) is 15.9 Å². The second-order valence-corrected chi connectivity index (χ2v) is 9.86. The van der Waals surface area contributed by atoms with Gasteiger partial charge in [-0.1, -0.05) is 12.1 Å². The van der Waals surface area contributed by atoms with Gasteiger partial charge in [0.05, 0.1) is 7.11 Å². The summed E-state index contributed by atoms with van der Waals surface area (Å²) in [6.07, 6.45) is 0. The van der Waals surface area contributed by atoms with Crippen molar-refractivity contribution in [3.05, 3.63) is 60.4 Å². The van der Waals surface area contributed by atoms with Crippen molar-refractivity contribution < 1.29 is 35.9 Å². The van der Waals surface area contributed by atoms with Crippen LogP contribution in [0.5, 0.6) is 11.5 Å². The summed E-state index contributed by atoms with van der Waals surface area (Å²) in [6.45, 7) is 1.97. The van der Waals surface area contributed by atoms with Gasteiger partial charge in [0.1, 0.15) is 11.5 Å². The molecule has 0 aliphatic heterocycles. The lowest BCUT2D eigenvalue weighted by Crippen LogP contribution is -2.40. The number of sulfonamides is 1. The number of alkyl halides is 2. The fourth-order valence-corrected chi connectivity index (χ4v) is 4.39. The van der Waals surface area contributed by atoms with Crippen LogP contribution in [0, 0.1) is 0 Å². The predicted octanol–water partition coefficient (Wildman–Crippen LogP) is 4.89. The van der Waals surface area contributed by atoms with E-state index in [-0.39, 0.29) is 17.2 Å². The van der Waals surface area contributed by atoms with E-state index in [4.69, 9.17) is 9.15 Å². The number of carbonyl (C=O) groups excluding carboxylic acids is 1. The van der Waals surface area contributed by atoms with Gasteiger partial charge in [0.15, 0.2) is 5.76 Å². The van der Waals surface area contributed by atoms with Crippen LogP contribution in [-0.2, 0) is 10.0 Å². The normalized spacial score (nSPS) is 12.0. The number of rotatable bonds is 8. The minimum absolute atomic E-state index is 0.0854. The number of amides is 1. The van der Waals surface area contributed by atoms with Crippen molar-refractivity contribution in [2.75, 3.05) is 12.4 Å². The summed E-state index contributed by atoms with van der Waals surface area (Å²) in [4.78, 5) is 12.6. The standard InChI is InChI=1S/C23H24F2N2O6S/c1-23(2,3)27-34(29,30)20-12-11-19(32-20)21(28)26-15-7-10-18(33-22(24)25)17(13-15)14-5-8-16(31-4)9-6-14/h5-13,22,27H,1-4H3,(H,26,28). The number of carbonyl (C=O) groups is 1. The van der Waals surface area contributed by atoms with Crippen molar-refractivity contribution in [1.29, 1.82) is 0 Å². The molecule has 0 atom stereocenters. The molecule has 3 rings (SSSR count). The van der Waals surface area contributed by atoms with Crippen LogP contribution in [0.15, 0.2) is 64.1 Å². The first-order valence-electron chi connectivity index (χ1n) is 10.1. The van der Waals surface area contributed by atoms with Gasteiger partial charge >= 0.3 is 6.61 Å². The fraction of sp³-hybridized carbons (Fsp3) is 0.261. The van der Waals surface area contributed by atoms with Gasteiger partial charge in [-0.25, -0.2) is 13.1 Å². The third-order valence-electron chi connectivity index (χ3n) is 4.37. The maximum Gasteiger partial charge on any atom is 0.387 e. The minimum Gasteiger partial charge on any atom is -0.497 e. The van der Waals surface area contributed by atoms with Gasteiger partial charge in [0.2, 0.25) is 5.09 Å². The van der Waals surface area contributed by atoms with E-state index in [1.54, 1.807) is 45.0 Å². The summed E-state index contributed by atoms with van der Waals surface area (Å²) in [5.74, 6) is -0.472. The van der Waals surface area contributed by atoms with Crippen molar-refractivity contribution in [2.45, 2.75) is 38.0 Å². The molecule has 0 radical (unpaired) electrons. The topological polar surface area (TPSA) is 107 Å². The Morgan fingerprint density at radius 1 is 1.03 bits per heavy atom. The quantitative estimate of drug-likeness (QED) is 0.462. The molecule has 0 aliphatic rings. The highest BCUT2D eigenvalue weighted by Crippen LogP contribution is 2.35. The molecule has 3 aromatic rings. The highest BCUT2D eigenvalue weighted by atomic mass is 32.2. The second kappa shape index (κ2) is 9.82. The Hall–Kier alpha value is -3.44. The summed E-state index contributed by atoms with van der Waals surface area (Å²) >= 11 is 0. The summed E-state index contributed by atoms with van der Waals surface area (Å²) in [5, 5.41) is 2.16. The van der Waals surface area contributed by atoms with Gasteiger partial charge < -0.3 is 19.2 Å². The molecule has 0 aliphatic carbocycles. The molecule has 0 bridgehead atoms. The Bertz CT molecular complexity index is 1270. The van der Waals surface area contributed by atoms with Crippen molar-refractivity contribution in [3.63, 3.8) is 0 Å². The average Bonchev–Trinajstić information content (AvgIpc) is 3.24. The zero-order valence-electron chi connectivity index (χ0n) is 18.9.